The van der Waals surface area contributed by atoms with E-state index in [1.807, 2.05) is 0 Å². The molecular formula is C14H21FN2O. The first-order valence-corrected chi connectivity index (χ1v) is 6.50. The molecule has 2 rings (SSSR count). The first kappa shape index (κ1) is 13.3. The van der Waals surface area contributed by atoms with E-state index < -0.39 is 0 Å². The van der Waals surface area contributed by atoms with Crippen LogP contribution in [0.4, 0.5) is 4.39 Å². The highest BCUT2D eigenvalue weighted by Crippen LogP contribution is 2.15. The van der Waals surface area contributed by atoms with Gasteiger partial charge in [-0.2, -0.15) is 0 Å². The molecule has 0 saturated carbocycles. The van der Waals surface area contributed by atoms with Crippen molar-refractivity contribution in [2.45, 2.75) is 19.4 Å². The topological polar surface area (TPSA) is 38.5 Å². The Kier molecular flexibility index (Phi) is 4.55. The SMILES string of the molecule is CC1CC(N)CN(CCOc2ccc(F)cc2)C1. The predicted molar refractivity (Wildman–Crippen MR) is 70.1 cm³/mol. The van der Waals surface area contributed by atoms with Crippen molar-refractivity contribution >= 4 is 0 Å². The molecule has 1 aliphatic heterocycles. The van der Waals surface area contributed by atoms with E-state index in [9.17, 15) is 4.39 Å². The Labute approximate surface area is 108 Å². The highest BCUT2D eigenvalue weighted by atomic mass is 19.1. The molecule has 0 aromatic heterocycles. The second-order valence-corrected chi connectivity index (χ2v) is 5.16. The lowest BCUT2D eigenvalue weighted by atomic mass is 9.97. The number of nitrogens with two attached hydrogens (primary N) is 1. The van der Waals surface area contributed by atoms with E-state index in [2.05, 4.69) is 11.8 Å². The lowest BCUT2D eigenvalue weighted by molar-refractivity contribution is 0.140. The fraction of sp³-hybridized carbons (Fsp3) is 0.571. The zero-order valence-electron chi connectivity index (χ0n) is 10.8. The Hall–Kier alpha value is -1.13. The Morgan fingerprint density at radius 2 is 2.06 bits per heavy atom. The fourth-order valence-electron chi connectivity index (χ4n) is 2.52. The Morgan fingerprint density at radius 3 is 2.72 bits per heavy atom. The van der Waals surface area contributed by atoms with Gasteiger partial charge in [-0.05, 0) is 36.6 Å². The lowest BCUT2D eigenvalue weighted by Gasteiger charge is -2.34. The van der Waals surface area contributed by atoms with Gasteiger partial charge in [0.15, 0.2) is 0 Å². The van der Waals surface area contributed by atoms with E-state index in [-0.39, 0.29) is 11.9 Å². The normalized spacial score (nSPS) is 25.1. The minimum absolute atomic E-state index is 0.238. The number of likely N-dealkylation sites (tertiary alicyclic amines) is 1. The van der Waals surface area contributed by atoms with Crippen molar-refractivity contribution in [3.8, 4) is 5.75 Å². The molecule has 2 atom stereocenters. The molecular weight excluding hydrogens is 231 g/mol. The molecule has 1 aromatic rings. The van der Waals surface area contributed by atoms with Gasteiger partial charge >= 0.3 is 0 Å². The van der Waals surface area contributed by atoms with Gasteiger partial charge in [0.05, 0.1) is 0 Å². The minimum atomic E-state index is -0.238. The van der Waals surface area contributed by atoms with Crippen LogP contribution >= 0.6 is 0 Å². The van der Waals surface area contributed by atoms with Gasteiger partial charge < -0.3 is 10.5 Å². The smallest absolute Gasteiger partial charge is 0.123 e. The maximum Gasteiger partial charge on any atom is 0.123 e. The maximum atomic E-state index is 12.7. The molecule has 0 spiro atoms. The van der Waals surface area contributed by atoms with Crippen LogP contribution < -0.4 is 10.5 Å². The molecule has 3 nitrogen and oxygen atoms in total. The van der Waals surface area contributed by atoms with Crippen LogP contribution in [-0.4, -0.2) is 37.2 Å². The van der Waals surface area contributed by atoms with E-state index in [1.165, 1.54) is 12.1 Å². The third-order valence-electron chi connectivity index (χ3n) is 3.26. The van der Waals surface area contributed by atoms with Crippen molar-refractivity contribution in [2.75, 3.05) is 26.2 Å². The van der Waals surface area contributed by atoms with E-state index in [0.29, 0.717) is 18.3 Å². The van der Waals surface area contributed by atoms with Crippen molar-refractivity contribution < 1.29 is 9.13 Å². The van der Waals surface area contributed by atoms with Gasteiger partial charge in [0.2, 0.25) is 0 Å². The summed E-state index contributed by atoms with van der Waals surface area (Å²) >= 11 is 0. The third kappa shape index (κ3) is 3.96. The average Bonchev–Trinajstić information content (AvgIpc) is 2.30. The number of rotatable bonds is 4. The molecule has 1 saturated heterocycles. The Morgan fingerprint density at radius 1 is 1.33 bits per heavy atom. The zero-order valence-corrected chi connectivity index (χ0v) is 10.8. The van der Waals surface area contributed by atoms with Crippen LogP contribution in [0.2, 0.25) is 0 Å². The van der Waals surface area contributed by atoms with Crippen LogP contribution in [0, 0.1) is 11.7 Å². The molecule has 2 unspecified atom stereocenters. The van der Waals surface area contributed by atoms with Gasteiger partial charge in [-0.3, -0.25) is 4.90 Å². The summed E-state index contributed by atoms with van der Waals surface area (Å²) in [6.07, 6.45) is 1.11. The number of nitrogens with zero attached hydrogens (tertiary/aromatic N) is 1. The van der Waals surface area contributed by atoms with Crippen molar-refractivity contribution in [1.29, 1.82) is 0 Å². The van der Waals surface area contributed by atoms with Crippen LogP contribution in [-0.2, 0) is 0 Å². The lowest BCUT2D eigenvalue weighted by Crippen LogP contribution is -2.47. The summed E-state index contributed by atoms with van der Waals surface area (Å²) in [5.74, 6) is 1.13. The van der Waals surface area contributed by atoms with Crippen LogP contribution in [0.25, 0.3) is 0 Å². The second-order valence-electron chi connectivity index (χ2n) is 5.16. The van der Waals surface area contributed by atoms with Gasteiger partial charge in [0, 0.05) is 25.7 Å². The van der Waals surface area contributed by atoms with Gasteiger partial charge in [0.25, 0.3) is 0 Å². The molecule has 1 aliphatic rings. The van der Waals surface area contributed by atoms with Gasteiger partial charge in [-0.25, -0.2) is 4.39 Å². The number of hydrogen-bond donors (Lipinski definition) is 1. The summed E-state index contributed by atoms with van der Waals surface area (Å²) < 4.78 is 18.3. The van der Waals surface area contributed by atoms with Crippen molar-refractivity contribution in [2.24, 2.45) is 11.7 Å². The van der Waals surface area contributed by atoms with E-state index in [0.717, 1.165) is 26.1 Å². The first-order valence-electron chi connectivity index (χ1n) is 6.50. The summed E-state index contributed by atoms with van der Waals surface area (Å²) in [6, 6.07) is 6.40. The summed E-state index contributed by atoms with van der Waals surface area (Å²) in [5, 5.41) is 0. The number of piperidine rings is 1. The van der Waals surface area contributed by atoms with Gasteiger partial charge in [-0.1, -0.05) is 6.92 Å². The monoisotopic (exact) mass is 252 g/mol. The maximum absolute atomic E-state index is 12.7. The molecule has 18 heavy (non-hydrogen) atoms. The first-order chi connectivity index (χ1) is 8.63. The highest BCUT2D eigenvalue weighted by molar-refractivity contribution is 5.21. The summed E-state index contributed by atoms with van der Waals surface area (Å²) in [7, 11) is 0. The van der Waals surface area contributed by atoms with Gasteiger partial charge in [-0.15, -0.1) is 0 Å². The number of benzene rings is 1. The fourth-order valence-corrected chi connectivity index (χ4v) is 2.52. The van der Waals surface area contributed by atoms with Crippen LogP contribution in [0.15, 0.2) is 24.3 Å². The number of hydrogen-bond acceptors (Lipinski definition) is 3. The average molecular weight is 252 g/mol. The molecule has 0 radical (unpaired) electrons. The number of ether oxygens (including phenoxy) is 1. The van der Waals surface area contributed by atoms with E-state index in [4.69, 9.17) is 10.5 Å². The predicted octanol–water partition coefficient (Wildman–Crippen LogP) is 1.87. The third-order valence-corrected chi connectivity index (χ3v) is 3.26. The molecule has 0 amide bonds. The summed E-state index contributed by atoms with van der Waals surface area (Å²) in [5.41, 5.74) is 5.99. The minimum Gasteiger partial charge on any atom is -0.492 e. The highest BCUT2D eigenvalue weighted by Gasteiger charge is 2.21. The zero-order chi connectivity index (χ0) is 13.0. The van der Waals surface area contributed by atoms with Gasteiger partial charge in [0.1, 0.15) is 18.2 Å². The molecule has 1 fully saturated rings. The second kappa shape index (κ2) is 6.16. The standard InChI is InChI=1S/C14H21FN2O/c1-11-8-13(16)10-17(9-11)6-7-18-14-4-2-12(15)3-5-14/h2-5,11,13H,6-10,16H2,1H3. The molecule has 2 N–H and O–H groups in total. The molecule has 1 heterocycles. The summed E-state index contributed by atoms with van der Waals surface area (Å²) in [6.45, 7) is 5.74. The quantitative estimate of drug-likeness (QED) is 0.889. The molecule has 0 aliphatic carbocycles. The van der Waals surface area contributed by atoms with Crippen LogP contribution in [0.5, 0.6) is 5.75 Å². The molecule has 100 valence electrons. The van der Waals surface area contributed by atoms with Crippen LogP contribution in [0.1, 0.15) is 13.3 Å². The van der Waals surface area contributed by atoms with Crippen molar-refractivity contribution in [1.82, 2.24) is 4.90 Å². The summed E-state index contributed by atoms with van der Waals surface area (Å²) in [4.78, 5) is 2.34. The van der Waals surface area contributed by atoms with E-state index >= 15 is 0 Å². The van der Waals surface area contributed by atoms with Crippen LogP contribution in [0.3, 0.4) is 0 Å². The van der Waals surface area contributed by atoms with Crippen molar-refractivity contribution in [3.63, 3.8) is 0 Å². The largest absolute Gasteiger partial charge is 0.492 e. The Bertz CT molecular complexity index is 359. The Balaban J connectivity index is 1.73. The van der Waals surface area contributed by atoms with Crippen molar-refractivity contribution in [3.05, 3.63) is 30.1 Å². The molecule has 4 heteroatoms. The molecule has 0 bridgehead atoms. The van der Waals surface area contributed by atoms with E-state index in [1.54, 1.807) is 12.1 Å². The molecule has 1 aromatic carbocycles. The number of halogens is 1.